The van der Waals surface area contributed by atoms with E-state index in [0.717, 1.165) is 25.7 Å². The Bertz CT molecular complexity index is 240. The Hall–Kier alpha value is -0.570. The van der Waals surface area contributed by atoms with Crippen molar-refractivity contribution in [3.05, 3.63) is 0 Å². The van der Waals surface area contributed by atoms with Crippen molar-refractivity contribution in [3.8, 4) is 0 Å². The average molecular weight is 240 g/mol. The molecule has 2 rings (SSSR count). The third-order valence-corrected chi connectivity index (χ3v) is 3.87. The minimum Gasteiger partial charge on any atom is -0.462 e. The SMILES string of the molecule is CC(COC1CCCC1)C(=O)OC1CCCC1. The van der Waals surface area contributed by atoms with Gasteiger partial charge >= 0.3 is 5.97 Å². The lowest BCUT2D eigenvalue weighted by Gasteiger charge is -2.18. The van der Waals surface area contributed by atoms with Crippen LogP contribution in [0.5, 0.6) is 0 Å². The maximum absolute atomic E-state index is 11.8. The molecule has 2 fully saturated rings. The Kier molecular flexibility index (Phi) is 4.84. The lowest BCUT2D eigenvalue weighted by molar-refractivity contribution is -0.155. The van der Waals surface area contributed by atoms with E-state index in [1.807, 2.05) is 6.92 Å². The van der Waals surface area contributed by atoms with E-state index in [1.54, 1.807) is 0 Å². The Morgan fingerprint density at radius 2 is 1.59 bits per heavy atom. The first kappa shape index (κ1) is 12.9. The van der Waals surface area contributed by atoms with Gasteiger partial charge in [0.1, 0.15) is 6.10 Å². The van der Waals surface area contributed by atoms with Gasteiger partial charge in [-0.05, 0) is 45.4 Å². The maximum atomic E-state index is 11.8. The van der Waals surface area contributed by atoms with Crippen molar-refractivity contribution in [1.29, 1.82) is 0 Å². The second-order valence-corrected chi connectivity index (χ2v) is 5.48. The van der Waals surface area contributed by atoms with Crippen molar-refractivity contribution in [2.45, 2.75) is 70.5 Å². The van der Waals surface area contributed by atoms with Crippen molar-refractivity contribution < 1.29 is 14.3 Å². The van der Waals surface area contributed by atoms with E-state index < -0.39 is 0 Å². The zero-order valence-electron chi connectivity index (χ0n) is 10.8. The molecule has 0 aliphatic heterocycles. The van der Waals surface area contributed by atoms with E-state index in [-0.39, 0.29) is 18.0 Å². The molecule has 0 aromatic rings. The summed E-state index contributed by atoms with van der Waals surface area (Å²) in [7, 11) is 0. The molecule has 98 valence electrons. The van der Waals surface area contributed by atoms with E-state index in [2.05, 4.69) is 0 Å². The third-order valence-electron chi connectivity index (χ3n) is 3.87. The monoisotopic (exact) mass is 240 g/mol. The van der Waals surface area contributed by atoms with Crippen LogP contribution < -0.4 is 0 Å². The molecule has 2 aliphatic carbocycles. The summed E-state index contributed by atoms with van der Waals surface area (Å²) in [6.07, 6.45) is 9.90. The van der Waals surface area contributed by atoms with Gasteiger partial charge in [-0.25, -0.2) is 0 Å². The van der Waals surface area contributed by atoms with E-state index >= 15 is 0 Å². The Morgan fingerprint density at radius 3 is 2.18 bits per heavy atom. The Balaban J connectivity index is 1.63. The molecule has 1 atom stereocenters. The van der Waals surface area contributed by atoms with E-state index in [4.69, 9.17) is 9.47 Å². The molecule has 2 saturated carbocycles. The number of rotatable bonds is 5. The quantitative estimate of drug-likeness (QED) is 0.693. The van der Waals surface area contributed by atoms with E-state index in [1.165, 1.54) is 25.7 Å². The largest absolute Gasteiger partial charge is 0.462 e. The number of carbonyl (C=O) groups excluding carboxylic acids is 1. The summed E-state index contributed by atoms with van der Waals surface area (Å²) in [5, 5.41) is 0. The molecule has 0 spiro atoms. The zero-order valence-corrected chi connectivity index (χ0v) is 10.8. The average Bonchev–Trinajstić information content (AvgIpc) is 2.98. The summed E-state index contributed by atoms with van der Waals surface area (Å²) < 4.78 is 11.2. The van der Waals surface area contributed by atoms with Gasteiger partial charge in [-0.3, -0.25) is 4.79 Å². The van der Waals surface area contributed by atoms with Gasteiger partial charge in [0.25, 0.3) is 0 Å². The van der Waals surface area contributed by atoms with Crippen LogP contribution in [-0.4, -0.2) is 24.8 Å². The first-order chi connectivity index (χ1) is 8.25. The second kappa shape index (κ2) is 6.39. The molecule has 1 unspecified atom stereocenters. The fourth-order valence-corrected chi connectivity index (χ4v) is 2.69. The fourth-order valence-electron chi connectivity index (χ4n) is 2.69. The molecular weight excluding hydrogens is 216 g/mol. The molecule has 0 aromatic heterocycles. The van der Waals surface area contributed by atoms with Gasteiger partial charge in [0.2, 0.25) is 0 Å². The summed E-state index contributed by atoms with van der Waals surface area (Å²) in [6.45, 7) is 2.43. The first-order valence-corrected chi connectivity index (χ1v) is 7.08. The predicted molar refractivity (Wildman–Crippen MR) is 65.7 cm³/mol. The van der Waals surface area contributed by atoms with Gasteiger partial charge < -0.3 is 9.47 Å². The van der Waals surface area contributed by atoms with Gasteiger partial charge in [0.05, 0.1) is 18.6 Å². The third kappa shape index (κ3) is 3.98. The number of carbonyl (C=O) groups is 1. The molecule has 0 radical (unpaired) electrons. The highest BCUT2D eigenvalue weighted by molar-refractivity contribution is 5.72. The van der Waals surface area contributed by atoms with Crippen LogP contribution in [0.25, 0.3) is 0 Å². The van der Waals surface area contributed by atoms with Crippen molar-refractivity contribution >= 4 is 5.97 Å². The highest BCUT2D eigenvalue weighted by atomic mass is 16.5. The first-order valence-electron chi connectivity index (χ1n) is 7.08. The molecular formula is C14H24O3. The van der Waals surface area contributed by atoms with Crippen molar-refractivity contribution in [2.75, 3.05) is 6.61 Å². The van der Waals surface area contributed by atoms with Crippen molar-refractivity contribution in [3.63, 3.8) is 0 Å². The van der Waals surface area contributed by atoms with E-state index in [9.17, 15) is 4.79 Å². The summed E-state index contributed by atoms with van der Waals surface area (Å²) in [4.78, 5) is 11.8. The highest BCUT2D eigenvalue weighted by Crippen LogP contribution is 2.23. The van der Waals surface area contributed by atoms with Gasteiger partial charge in [-0.1, -0.05) is 12.8 Å². The number of ether oxygens (including phenoxy) is 2. The summed E-state index contributed by atoms with van der Waals surface area (Å²) in [5.74, 6) is -0.189. The summed E-state index contributed by atoms with van der Waals surface area (Å²) in [5.41, 5.74) is 0. The molecule has 17 heavy (non-hydrogen) atoms. The van der Waals surface area contributed by atoms with Gasteiger partial charge in [0, 0.05) is 0 Å². The number of esters is 1. The fraction of sp³-hybridized carbons (Fsp3) is 0.929. The van der Waals surface area contributed by atoms with Crippen LogP contribution in [0, 0.1) is 5.92 Å². The number of hydrogen-bond acceptors (Lipinski definition) is 3. The molecule has 0 bridgehead atoms. The van der Waals surface area contributed by atoms with E-state index in [0.29, 0.717) is 12.7 Å². The molecule has 2 aliphatic rings. The second-order valence-electron chi connectivity index (χ2n) is 5.48. The zero-order chi connectivity index (χ0) is 12.1. The van der Waals surface area contributed by atoms with Crippen LogP contribution in [-0.2, 0) is 14.3 Å². The van der Waals surface area contributed by atoms with Gasteiger partial charge in [0.15, 0.2) is 0 Å². The highest BCUT2D eigenvalue weighted by Gasteiger charge is 2.24. The summed E-state index contributed by atoms with van der Waals surface area (Å²) >= 11 is 0. The van der Waals surface area contributed by atoms with Crippen LogP contribution in [0.15, 0.2) is 0 Å². The Morgan fingerprint density at radius 1 is 1.06 bits per heavy atom. The lowest BCUT2D eigenvalue weighted by atomic mass is 10.2. The predicted octanol–water partition coefficient (Wildman–Crippen LogP) is 3.07. The maximum Gasteiger partial charge on any atom is 0.311 e. The molecule has 0 N–H and O–H groups in total. The standard InChI is InChI=1S/C14H24O3/c1-11(10-16-12-6-2-3-7-12)14(15)17-13-8-4-5-9-13/h11-13H,2-10H2,1H3. The minimum atomic E-state index is -0.115. The molecule has 0 amide bonds. The summed E-state index contributed by atoms with van der Waals surface area (Å²) in [6, 6.07) is 0. The van der Waals surface area contributed by atoms with Crippen LogP contribution in [0.3, 0.4) is 0 Å². The molecule has 0 saturated heterocycles. The molecule has 3 nitrogen and oxygen atoms in total. The van der Waals surface area contributed by atoms with Crippen LogP contribution >= 0.6 is 0 Å². The normalized spacial score (nSPS) is 24.1. The van der Waals surface area contributed by atoms with Crippen molar-refractivity contribution in [1.82, 2.24) is 0 Å². The molecule has 3 heteroatoms. The smallest absolute Gasteiger partial charge is 0.311 e. The van der Waals surface area contributed by atoms with Crippen LogP contribution in [0.2, 0.25) is 0 Å². The Labute approximate surface area is 104 Å². The van der Waals surface area contributed by atoms with Crippen LogP contribution in [0.4, 0.5) is 0 Å². The number of hydrogen-bond donors (Lipinski definition) is 0. The topological polar surface area (TPSA) is 35.5 Å². The minimum absolute atomic E-state index is 0.0742. The molecule has 0 aromatic carbocycles. The lowest BCUT2D eigenvalue weighted by Crippen LogP contribution is -2.25. The van der Waals surface area contributed by atoms with Gasteiger partial charge in [-0.2, -0.15) is 0 Å². The van der Waals surface area contributed by atoms with Crippen LogP contribution in [0.1, 0.15) is 58.3 Å². The van der Waals surface area contributed by atoms with Gasteiger partial charge in [-0.15, -0.1) is 0 Å². The molecule has 0 heterocycles. The van der Waals surface area contributed by atoms with Crippen molar-refractivity contribution in [2.24, 2.45) is 5.92 Å².